The number of piperidine rings is 1. The molecule has 0 aromatic heterocycles. The highest BCUT2D eigenvalue weighted by atomic mass is 35.5. The predicted molar refractivity (Wildman–Crippen MR) is 118 cm³/mol. The highest BCUT2D eigenvalue weighted by Gasteiger charge is 2.27. The number of likely N-dealkylation sites (tertiary alicyclic amines) is 2. The van der Waals surface area contributed by atoms with Crippen molar-refractivity contribution in [2.24, 2.45) is 0 Å². The van der Waals surface area contributed by atoms with Gasteiger partial charge >= 0.3 is 0 Å². The van der Waals surface area contributed by atoms with Crippen LogP contribution in [-0.2, 0) is 0 Å². The summed E-state index contributed by atoms with van der Waals surface area (Å²) in [5.41, 5.74) is 0.766. The number of rotatable bonds is 7. The minimum atomic E-state index is 0. The monoisotopic (exact) mass is 406 g/mol. The van der Waals surface area contributed by atoms with Crippen LogP contribution in [0.4, 0.5) is 0 Å². The van der Waals surface area contributed by atoms with E-state index in [2.05, 4.69) is 16.4 Å². The molecular formula is C23H35ClN2O2. The van der Waals surface area contributed by atoms with Gasteiger partial charge < -0.3 is 14.5 Å². The molecule has 1 aromatic carbocycles. The molecule has 1 aromatic rings. The maximum atomic E-state index is 13.1. The molecule has 0 radical (unpaired) electrons. The quantitative estimate of drug-likeness (QED) is 0.601. The van der Waals surface area contributed by atoms with Crippen molar-refractivity contribution in [2.75, 3.05) is 32.8 Å². The van der Waals surface area contributed by atoms with Gasteiger partial charge in [0.2, 0.25) is 0 Å². The lowest BCUT2D eigenvalue weighted by atomic mass is 9.97. The van der Waals surface area contributed by atoms with Crippen molar-refractivity contribution in [2.45, 2.75) is 57.4 Å². The van der Waals surface area contributed by atoms with Crippen molar-refractivity contribution >= 4 is 18.3 Å². The summed E-state index contributed by atoms with van der Waals surface area (Å²) in [5, 5.41) is 0. The highest BCUT2D eigenvalue weighted by Crippen LogP contribution is 2.24. The van der Waals surface area contributed by atoms with Gasteiger partial charge in [0.05, 0.1) is 0 Å². The van der Waals surface area contributed by atoms with E-state index in [-0.39, 0.29) is 18.3 Å². The van der Waals surface area contributed by atoms with Crippen LogP contribution < -0.4 is 4.74 Å². The Morgan fingerprint density at radius 2 is 1.71 bits per heavy atom. The van der Waals surface area contributed by atoms with Gasteiger partial charge in [0.25, 0.3) is 5.91 Å². The molecular weight excluding hydrogens is 372 g/mol. The zero-order valence-corrected chi connectivity index (χ0v) is 17.8. The van der Waals surface area contributed by atoms with E-state index in [1.807, 2.05) is 24.3 Å². The molecule has 0 aliphatic carbocycles. The summed E-state index contributed by atoms with van der Waals surface area (Å²) in [4.78, 5) is 17.8. The van der Waals surface area contributed by atoms with Crippen LogP contribution in [0.15, 0.2) is 36.9 Å². The molecule has 1 atom stereocenters. The molecule has 0 saturated carbocycles. The summed E-state index contributed by atoms with van der Waals surface area (Å²) in [6.45, 7) is 8.62. The first-order valence-electron chi connectivity index (χ1n) is 10.6. The minimum absolute atomic E-state index is 0. The maximum Gasteiger partial charge on any atom is 0.254 e. The van der Waals surface area contributed by atoms with Crippen LogP contribution in [-0.4, -0.2) is 54.5 Å². The van der Waals surface area contributed by atoms with Gasteiger partial charge in [0.15, 0.2) is 0 Å². The zero-order valence-electron chi connectivity index (χ0n) is 17.0. The van der Waals surface area contributed by atoms with Crippen LogP contribution in [0.1, 0.15) is 61.7 Å². The van der Waals surface area contributed by atoms with Gasteiger partial charge in [-0.25, -0.2) is 0 Å². The fourth-order valence-corrected chi connectivity index (χ4v) is 4.27. The first-order chi connectivity index (χ1) is 13.3. The van der Waals surface area contributed by atoms with Crippen LogP contribution in [0.3, 0.4) is 0 Å². The van der Waals surface area contributed by atoms with Gasteiger partial charge in [-0.3, -0.25) is 4.79 Å². The fourth-order valence-electron chi connectivity index (χ4n) is 4.27. The number of benzene rings is 1. The third-order valence-corrected chi connectivity index (χ3v) is 5.83. The number of hydrogen-bond donors (Lipinski definition) is 0. The molecule has 4 nitrogen and oxygen atoms in total. The summed E-state index contributed by atoms with van der Waals surface area (Å²) < 4.78 is 5.52. The average molecular weight is 407 g/mol. The Bertz CT molecular complexity index is 597. The zero-order chi connectivity index (χ0) is 18.9. The molecule has 1 amide bonds. The van der Waals surface area contributed by atoms with Crippen molar-refractivity contribution in [1.29, 1.82) is 0 Å². The lowest BCUT2D eigenvalue weighted by molar-refractivity contribution is 0.0584. The first kappa shape index (κ1) is 22.8. The Morgan fingerprint density at radius 3 is 2.39 bits per heavy atom. The Morgan fingerprint density at radius 1 is 1.04 bits per heavy atom. The largest absolute Gasteiger partial charge is 0.490 e. The molecule has 1 unspecified atom stereocenters. The SMILES string of the molecule is C=CCOc1ccc(C(=O)N2CCCCC2CCN2CCCCCC2)cc1.Cl. The summed E-state index contributed by atoms with van der Waals surface area (Å²) in [6.07, 6.45) is 11.7. The predicted octanol–water partition coefficient (Wildman–Crippen LogP) is 4.93. The van der Waals surface area contributed by atoms with Crippen LogP contribution in [0, 0.1) is 0 Å². The molecule has 3 rings (SSSR count). The second-order valence-corrected chi connectivity index (χ2v) is 7.82. The average Bonchev–Trinajstić information content (AvgIpc) is 3.00. The first-order valence-corrected chi connectivity index (χ1v) is 10.6. The number of nitrogens with zero attached hydrogens (tertiary/aromatic N) is 2. The number of hydrogen-bond acceptors (Lipinski definition) is 3. The third-order valence-electron chi connectivity index (χ3n) is 5.83. The lowest BCUT2D eigenvalue weighted by Gasteiger charge is -2.37. The molecule has 2 aliphatic rings. The highest BCUT2D eigenvalue weighted by molar-refractivity contribution is 5.94. The Labute approximate surface area is 176 Å². The molecule has 0 N–H and O–H groups in total. The van der Waals surface area contributed by atoms with E-state index in [0.717, 1.165) is 43.7 Å². The van der Waals surface area contributed by atoms with Crippen LogP contribution in [0.5, 0.6) is 5.75 Å². The molecule has 28 heavy (non-hydrogen) atoms. The Balaban J connectivity index is 0.00000280. The number of carbonyl (C=O) groups excluding carboxylic acids is 1. The molecule has 0 bridgehead atoms. The fraction of sp³-hybridized carbons (Fsp3) is 0.609. The second kappa shape index (κ2) is 12.1. The van der Waals surface area contributed by atoms with Gasteiger partial charge in [-0.1, -0.05) is 25.5 Å². The van der Waals surface area contributed by atoms with Gasteiger partial charge in [-0.05, 0) is 75.9 Å². The molecule has 2 aliphatic heterocycles. The Hall–Kier alpha value is -1.52. The van der Waals surface area contributed by atoms with E-state index >= 15 is 0 Å². The summed E-state index contributed by atoms with van der Waals surface area (Å²) in [5.74, 6) is 0.952. The second-order valence-electron chi connectivity index (χ2n) is 7.82. The Kier molecular flexibility index (Phi) is 9.86. The van der Waals surface area contributed by atoms with Gasteiger partial charge in [0.1, 0.15) is 12.4 Å². The number of ether oxygens (including phenoxy) is 1. The number of amides is 1. The van der Waals surface area contributed by atoms with E-state index < -0.39 is 0 Å². The van der Waals surface area contributed by atoms with Crippen molar-refractivity contribution in [3.8, 4) is 5.75 Å². The van der Waals surface area contributed by atoms with Crippen LogP contribution in [0.2, 0.25) is 0 Å². The van der Waals surface area contributed by atoms with Gasteiger partial charge in [-0.2, -0.15) is 0 Å². The van der Waals surface area contributed by atoms with E-state index in [4.69, 9.17) is 4.74 Å². The molecule has 0 spiro atoms. The van der Waals surface area contributed by atoms with E-state index in [1.165, 1.54) is 45.2 Å². The van der Waals surface area contributed by atoms with E-state index in [1.54, 1.807) is 6.08 Å². The number of halogens is 1. The lowest BCUT2D eigenvalue weighted by Crippen LogP contribution is -2.45. The summed E-state index contributed by atoms with van der Waals surface area (Å²) in [6, 6.07) is 7.92. The van der Waals surface area contributed by atoms with Crippen LogP contribution >= 0.6 is 12.4 Å². The van der Waals surface area contributed by atoms with Crippen molar-refractivity contribution < 1.29 is 9.53 Å². The van der Waals surface area contributed by atoms with Gasteiger partial charge in [-0.15, -0.1) is 12.4 Å². The van der Waals surface area contributed by atoms with Crippen molar-refractivity contribution in [1.82, 2.24) is 9.80 Å². The van der Waals surface area contributed by atoms with Crippen molar-refractivity contribution in [3.63, 3.8) is 0 Å². The van der Waals surface area contributed by atoms with Gasteiger partial charge in [0, 0.05) is 24.7 Å². The standard InChI is InChI=1S/C23H34N2O2.ClH/c1-2-19-27-22-12-10-20(11-13-22)23(26)25-17-8-5-9-21(25)14-18-24-15-6-3-4-7-16-24;/h2,10-13,21H,1,3-9,14-19H2;1H. The van der Waals surface area contributed by atoms with E-state index in [9.17, 15) is 4.79 Å². The molecule has 156 valence electrons. The molecule has 2 saturated heterocycles. The molecule has 2 fully saturated rings. The van der Waals surface area contributed by atoms with Crippen molar-refractivity contribution in [3.05, 3.63) is 42.5 Å². The molecule has 5 heteroatoms. The minimum Gasteiger partial charge on any atom is -0.490 e. The third kappa shape index (κ3) is 6.52. The summed E-state index contributed by atoms with van der Waals surface area (Å²) in [7, 11) is 0. The smallest absolute Gasteiger partial charge is 0.254 e. The molecule has 2 heterocycles. The normalized spacial score (nSPS) is 20.7. The topological polar surface area (TPSA) is 32.8 Å². The van der Waals surface area contributed by atoms with E-state index in [0.29, 0.717) is 12.6 Å². The maximum absolute atomic E-state index is 13.1. The van der Waals surface area contributed by atoms with Crippen LogP contribution in [0.25, 0.3) is 0 Å². The summed E-state index contributed by atoms with van der Waals surface area (Å²) >= 11 is 0. The number of carbonyl (C=O) groups is 1.